The number of nitrogens with zero attached hydrogens (tertiary/aromatic N) is 1. The van der Waals surface area contributed by atoms with Gasteiger partial charge in [0.15, 0.2) is 0 Å². The zero-order valence-corrected chi connectivity index (χ0v) is 12.8. The standard InChI is InChI=1S/C15H23N3OS/c1-20-15(6-7-15)11-17-14(19)13-3-2-10-18(13)12-4-8-16-9-5-12/h2-3,10,12,16H,4-9,11H2,1H3,(H,17,19). The zero-order valence-electron chi connectivity index (χ0n) is 12.0. The number of amides is 1. The Morgan fingerprint density at radius 1 is 1.50 bits per heavy atom. The highest BCUT2D eigenvalue weighted by atomic mass is 32.2. The van der Waals surface area contributed by atoms with Gasteiger partial charge in [0.25, 0.3) is 5.91 Å². The first-order valence-corrected chi connectivity index (χ1v) is 8.67. The summed E-state index contributed by atoms with van der Waals surface area (Å²) in [5, 5.41) is 6.49. The van der Waals surface area contributed by atoms with Gasteiger partial charge in [0.2, 0.25) is 0 Å². The van der Waals surface area contributed by atoms with E-state index in [0.717, 1.165) is 38.2 Å². The van der Waals surface area contributed by atoms with Gasteiger partial charge in [0.1, 0.15) is 5.69 Å². The molecule has 1 saturated carbocycles. The molecule has 0 spiro atoms. The van der Waals surface area contributed by atoms with Gasteiger partial charge in [0, 0.05) is 23.5 Å². The summed E-state index contributed by atoms with van der Waals surface area (Å²) in [6.07, 6.45) is 8.84. The van der Waals surface area contributed by atoms with Crippen LogP contribution in [0, 0.1) is 0 Å². The number of carbonyl (C=O) groups excluding carboxylic acids is 1. The van der Waals surface area contributed by atoms with Crippen LogP contribution < -0.4 is 10.6 Å². The lowest BCUT2D eigenvalue weighted by molar-refractivity contribution is 0.0940. The Hall–Kier alpha value is -0.940. The first-order valence-electron chi connectivity index (χ1n) is 7.45. The lowest BCUT2D eigenvalue weighted by Gasteiger charge is -2.26. The molecule has 110 valence electrons. The van der Waals surface area contributed by atoms with Gasteiger partial charge < -0.3 is 15.2 Å². The summed E-state index contributed by atoms with van der Waals surface area (Å²) >= 11 is 1.88. The maximum Gasteiger partial charge on any atom is 0.267 e. The van der Waals surface area contributed by atoms with Crippen LogP contribution in [0.5, 0.6) is 0 Å². The van der Waals surface area contributed by atoms with Crippen LogP contribution in [0.1, 0.15) is 42.2 Å². The van der Waals surface area contributed by atoms with Gasteiger partial charge in [-0.25, -0.2) is 0 Å². The van der Waals surface area contributed by atoms with Crippen LogP contribution in [0.4, 0.5) is 0 Å². The van der Waals surface area contributed by atoms with Crippen LogP contribution >= 0.6 is 11.8 Å². The second kappa shape index (κ2) is 5.82. The number of nitrogens with one attached hydrogen (secondary N) is 2. The van der Waals surface area contributed by atoms with Gasteiger partial charge in [-0.2, -0.15) is 11.8 Å². The van der Waals surface area contributed by atoms with Gasteiger partial charge >= 0.3 is 0 Å². The topological polar surface area (TPSA) is 46.1 Å². The number of aromatic nitrogens is 1. The van der Waals surface area contributed by atoms with Gasteiger partial charge in [-0.3, -0.25) is 4.79 Å². The summed E-state index contributed by atoms with van der Waals surface area (Å²) in [4.78, 5) is 12.4. The number of rotatable bonds is 5. The third-order valence-electron chi connectivity index (χ3n) is 4.53. The van der Waals surface area contributed by atoms with Crippen molar-refractivity contribution in [3.63, 3.8) is 0 Å². The van der Waals surface area contributed by atoms with E-state index in [1.54, 1.807) is 0 Å². The SMILES string of the molecule is CSC1(CNC(=O)c2cccn2C2CCNCC2)CC1. The molecule has 1 amide bonds. The van der Waals surface area contributed by atoms with Gasteiger partial charge in [-0.05, 0) is 57.2 Å². The molecule has 0 atom stereocenters. The van der Waals surface area contributed by atoms with Crippen molar-refractivity contribution < 1.29 is 4.79 Å². The largest absolute Gasteiger partial charge is 0.349 e. The Morgan fingerprint density at radius 3 is 2.90 bits per heavy atom. The molecule has 5 heteroatoms. The molecule has 1 aromatic rings. The maximum absolute atomic E-state index is 12.4. The number of hydrogen-bond acceptors (Lipinski definition) is 3. The summed E-state index contributed by atoms with van der Waals surface area (Å²) in [7, 11) is 0. The van der Waals surface area contributed by atoms with E-state index >= 15 is 0 Å². The molecule has 1 saturated heterocycles. The molecular weight excluding hydrogens is 270 g/mol. The highest BCUT2D eigenvalue weighted by Gasteiger charge is 2.42. The fraction of sp³-hybridized carbons (Fsp3) is 0.667. The smallest absolute Gasteiger partial charge is 0.267 e. The highest BCUT2D eigenvalue weighted by Crippen LogP contribution is 2.46. The van der Waals surface area contributed by atoms with E-state index in [4.69, 9.17) is 0 Å². The van der Waals surface area contributed by atoms with Crippen LogP contribution in [-0.4, -0.2) is 41.1 Å². The minimum atomic E-state index is 0.0776. The Balaban J connectivity index is 1.64. The third-order valence-corrected chi connectivity index (χ3v) is 5.94. The van der Waals surface area contributed by atoms with Crippen molar-refractivity contribution in [3.8, 4) is 0 Å². The second-order valence-electron chi connectivity index (χ2n) is 5.85. The summed E-state index contributed by atoms with van der Waals surface area (Å²) in [6, 6.07) is 4.39. The number of piperidine rings is 1. The maximum atomic E-state index is 12.4. The molecule has 2 heterocycles. The molecule has 4 nitrogen and oxygen atoms in total. The fourth-order valence-corrected chi connectivity index (χ4v) is 3.64. The van der Waals surface area contributed by atoms with E-state index in [9.17, 15) is 4.79 Å². The lowest BCUT2D eigenvalue weighted by atomic mass is 10.1. The molecule has 0 aromatic carbocycles. The molecule has 2 N–H and O–H groups in total. The first kappa shape index (κ1) is 14.0. The number of carbonyl (C=O) groups is 1. The van der Waals surface area contributed by atoms with Crippen LogP contribution in [0.15, 0.2) is 18.3 Å². The second-order valence-corrected chi connectivity index (χ2v) is 7.13. The Bertz CT molecular complexity index is 475. The molecule has 0 unspecified atom stereocenters. The van der Waals surface area contributed by atoms with Crippen molar-refractivity contribution in [1.82, 2.24) is 15.2 Å². The Labute approximate surface area is 124 Å². The molecule has 1 aliphatic carbocycles. The molecule has 2 fully saturated rings. The van der Waals surface area contributed by atoms with Crippen LogP contribution in [-0.2, 0) is 0 Å². The quantitative estimate of drug-likeness (QED) is 0.873. The van der Waals surface area contributed by atoms with Crippen LogP contribution in [0.2, 0.25) is 0 Å². The van der Waals surface area contributed by atoms with Crippen molar-refractivity contribution in [2.24, 2.45) is 0 Å². The molecule has 3 rings (SSSR count). The Kier molecular flexibility index (Phi) is 4.08. The van der Waals surface area contributed by atoms with E-state index in [-0.39, 0.29) is 5.91 Å². The molecular formula is C15H23N3OS. The van der Waals surface area contributed by atoms with Gasteiger partial charge in [-0.15, -0.1) is 0 Å². The van der Waals surface area contributed by atoms with Crippen molar-refractivity contribution in [1.29, 1.82) is 0 Å². The predicted molar refractivity (Wildman–Crippen MR) is 83.4 cm³/mol. The lowest BCUT2D eigenvalue weighted by Crippen LogP contribution is -2.35. The predicted octanol–water partition coefficient (Wildman–Crippen LogP) is 2.04. The zero-order chi connectivity index (χ0) is 14.0. The van der Waals surface area contributed by atoms with Crippen LogP contribution in [0.3, 0.4) is 0 Å². The minimum Gasteiger partial charge on any atom is -0.349 e. The first-order chi connectivity index (χ1) is 9.74. The van der Waals surface area contributed by atoms with Gasteiger partial charge in [-0.1, -0.05) is 0 Å². The summed E-state index contributed by atoms with van der Waals surface area (Å²) in [6.45, 7) is 2.88. The molecule has 1 aromatic heterocycles. The minimum absolute atomic E-state index is 0.0776. The molecule has 1 aliphatic heterocycles. The van der Waals surface area contributed by atoms with Crippen molar-refractivity contribution >= 4 is 17.7 Å². The van der Waals surface area contributed by atoms with E-state index in [1.165, 1.54) is 12.8 Å². The monoisotopic (exact) mass is 293 g/mol. The van der Waals surface area contributed by atoms with E-state index in [1.807, 2.05) is 30.1 Å². The molecule has 0 radical (unpaired) electrons. The van der Waals surface area contributed by atoms with Crippen LogP contribution in [0.25, 0.3) is 0 Å². The summed E-state index contributed by atoms with van der Waals surface area (Å²) in [5.41, 5.74) is 0.814. The summed E-state index contributed by atoms with van der Waals surface area (Å²) < 4.78 is 2.48. The fourth-order valence-electron chi connectivity index (χ4n) is 2.91. The summed E-state index contributed by atoms with van der Waals surface area (Å²) in [5.74, 6) is 0.0776. The van der Waals surface area contributed by atoms with Crippen molar-refractivity contribution in [3.05, 3.63) is 24.0 Å². The number of hydrogen-bond donors (Lipinski definition) is 2. The van der Waals surface area contributed by atoms with Crippen molar-refractivity contribution in [2.45, 2.75) is 36.5 Å². The third kappa shape index (κ3) is 2.88. The van der Waals surface area contributed by atoms with E-state index in [0.29, 0.717) is 10.8 Å². The molecule has 2 aliphatic rings. The Morgan fingerprint density at radius 2 is 2.25 bits per heavy atom. The highest BCUT2D eigenvalue weighted by molar-refractivity contribution is 8.00. The van der Waals surface area contributed by atoms with Crippen molar-refractivity contribution in [2.75, 3.05) is 25.9 Å². The normalized spacial score (nSPS) is 21.6. The number of thioether (sulfide) groups is 1. The van der Waals surface area contributed by atoms with E-state index < -0.39 is 0 Å². The molecule has 0 bridgehead atoms. The van der Waals surface area contributed by atoms with E-state index in [2.05, 4.69) is 21.5 Å². The molecule has 20 heavy (non-hydrogen) atoms. The van der Waals surface area contributed by atoms with Gasteiger partial charge in [0.05, 0.1) is 0 Å². The average molecular weight is 293 g/mol. The average Bonchev–Trinajstić information content (AvgIpc) is 3.12.